The van der Waals surface area contributed by atoms with Crippen LogP contribution in [0.2, 0.25) is 0 Å². The molecular formula is C13H16NO4P. The minimum Gasteiger partial charge on any atom is -0.497 e. The maximum atomic E-state index is 12.2. The van der Waals surface area contributed by atoms with E-state index in [4.69, 9.17) is 14.5 Å². The molecule has 19 heavy (non-hydrogen) atoms. The quantitative estimate of drug-likeness (QED) is 0.592. The van der Waals surface area contributed by atoms with Crippen LogP contribution in [0.5, 0.6) is 5.75 Å². The molecule has 1 aromatic carbocycles. The largest absolute Gasteiger partial charge is 0.497 e. The minimum absolute atomic E-state index is 0.196. The number of hydrogen-bond donors (Lipinski definition) is 0. The second-order valence-electron chi connectivity index (χ2n) is 3.95. The zero-order chi connectivity index (χ0) is 14.5. The molecule has 102 valence electrons. The molecule has 5 nitrogen and oxygen atoms in total. The standard InChI is InChI=1S/C13H16NO4P/c1-4-18-19(3,16)12(9-14)13(15)10-5-7-11(17-2)8-6-10/h5-8,12H,4H2,1-3H3/t12-,19+/m0/s1. The van der Waals surface area contributed by atoms with Crippen LogP contribution >= 0.6 is 7.37 Å². The van der Waals surface area contributed by atoms with Gasteiger partial charge in [-0.3, -0.25) is 9.36 Å². The molecule has 0 unspecified atom stereocenters. The maximum Gasteiger partial charge on any atom is 0.224 e. The van der Waals surface area contributed by atoms with Crippen LogP contribution in [0.1, 0.15) is 17.3 Å². The lowest BCUT2D eigenvalue weighted by atomic mass is 10.1. The lowest BCUT2D eigenvalue weighted by Gasteiger charge is -2.17. The van der Waals surface area contributed by atoms with Gasteiger partial charge in [-0.15, -0.1) is 0 Å². The number of carbonyl (C=O) groups is 1. The molecule has 0 spiro atoms. The fourth-order valence-electron chi connectivity index (χ4n) is 1.62. The van der Waals surface area contributed by atoms with Crippen LogP contribution < -0.4 is 4.74 Å². The summed E-state index contributed by atoms with van der Waals surface area (Å²) in [6.07, 6.45) is 0. The summed E-state index contributed by atoms with van der Waals surface area (Å²) in [4.78, 5) is 12.2. The van der Waals surface area contributed by atoms with E-state index in [0.717, 1.165) is 0 Å². The van der Waals surface area contributed by atoms with Gasteiger partial charge in [0.2, 0.25) is 7.37 Å². The van der Waals surface area contributed by atoms with Gasteiger partial charge in [0, 0.05) is 12.2 Å². The molecule has 0 heterocycles. The predicted molar refractivity (Wildman–Crippen MR) is 71.9 cm³/mol. The smallest absolute Gasteiger partial charge is 0.224 e. The van der Waals surface area contributed by atoms with Gasteiger partial charge in [-0.25, -0.2) is 0 Å². The van der Waals surface area contributed by atoms with E-state index >= 15 is 0 Å². The first kappa shape index (κ1) is 15.4. The number of methoxy groups -OCH3 is 1. The molecule has 0 bridgehead atoms. The number of carbonyl (C=O) groups excluding carboxylic acids is 1. The number of rotatable bonds is 6. The monoisotopic (exact) mass is 281 g/mol. The molecule has 1 rings (SSSR count). The summed E-state index contributed by atoms with van der Waals surface area (Å²) in [6.45, 7) is 3.18. The van der Waals surface area contributed by atoms with E-state index < -0.39 is 18.8 Å². The van der Waals surface area contributed by atoms with Crippen molar-refractivity contribution in [2.24, 2.45) is 0 Å². The molecule has 0 aliphatic rings. The van der Waals surface area contributed by atoms with Gasteiger partial charge >= 0.3 is 0 Å². The molecule has 2 atom stereocenters. The number of ketones is 1. The number of Topliss-reactive ketones (excluding diaryl/α,β-unsaturated/α-hetero) is 1. The molecular weight excluding hydrogens is 265 g/mol. The zero-order valence-electron chi connectivity index (χ0n) is 11.1. The van der Waals surface area contributed by atoms with E-state index in [1.165, 1.54) is 25.9 Å². The lowest BCUT2D eigenvalue weighted by Crippen LogP contribution is -2.20. The van der Waals surface area contributed by atoms with E-state index in [0.29, 0.717) is 11.3 Å². The SMILES string of the molecule is CCO[P@@](C)(=O)[C@@H](C#N)C(=O)c1ccc(OC)cc1. The second kappa shape index (κ2) is 6.51. The molecule has 6 heteroatoms. The Balaban J connectivity index is 3.02. The number of nitriles is 1. The first-order chi connectivity index (χ1) is 8.96. The first-order valence-corrected chi connectivity index (χ1v) is 7.90. The van der Waals surface area contributed by atoms with Crippen LogP contribution in [-0.4, -0.2) is 31.8 Å². The Morgan fingerprint density at radius 2 is 2.00 bits per heavy atom. The van der Waals surface area contributed by atoms with Gasteiger partial charge in [-0.05, 0) is 31.2 Å². The number of ether oxygens (including phenoxy) is 1. The lowest BCUT2D eigenvalue weighted by molar-refractivity contribution is 0.0996. The van der Waals surface area contributed by atoms with Crippen LogP contribution in [0.4, 0.5) is 0 Å². The highest BCUT2D eigenvalue weighted by molar-refractivity contribution is 7.60. The van der Waals surface area contributed by atoms with E-state index in [1.54, 1.807) is 25.1 Å². The maximum absolute atomic E-state index is 12.2. The summed E-state index contributed by atoms with van der Waals surface area (Å²) >= 11 is 0. The Labute approximate surface area is 112 Å². The van der Waals surface area contributed by atoms with Crippen molar-refractivity contribution < 1.29 is 18.6 Å². The van der Waals surface area contributed by atoms with Crippen LogP contribution in [-0.2, 0) is 9.09 Å². The summed E-state index contributed by atoms with van der Waals surface area (Å²) in [6, 6.07) is 8.09. The molecule has 0 aliphatic carbocycles. The van der Waals surface area contributed by atoms with Crippen LogP contribution in [0.25, 0.3) is 0 Å². The molecule has 1 aromatic rings. The third-order valence-corrected chi connectivity index (χ3v) is 4.66. The Morgan fingerprint density at radius 3 is 2.42 bits per heavy atom. The number of nitrogens with zero attached hydrogens (tertiary/aromatic N) is 1. The van der Waals surface area contributed by atoms with Gasteiger partial charge in [-0.1, -0.05) is 0 Å². The Hall–Kier alpha value is -1.63. The third kappa shape index (κ3) is 3.66. The highest BCUT2D eigenvalue weighted by Gasteiger charge is 2.36. The van der Waals surface area contributed by atoms with Gasteiger partial charge in [0.1, 0.15) is 5.75 Å². The van der Waals surface area contributed by atoms with Crippen molar-refractivity contribution in [1.29, 1.82) is 5.26 Å². The van der Waals surface area contributed by atoms with Gasteiger partial charge in [-0.2, -0.15) is 5.26 Å². The molecule has 0 aromatic heterocycles. The minimum atomic E-state index is -3.28. The summed E-state index contributed by atoms with van der Waals surface area (Å²) in [5.41, 5.74) is -0.963. The summed E-state index contributed by atoms with van der Waals surface area (Å²) < 4.78 is 22.2. The number of benzene rings is 1. The van der Waals surface area contributed by atoms with E-state index in [9.17, 15) is 9.36 Å². The highest BCUT2D eigenvalue weighted by atomic mass is 31.2. The summed E-state index contributed by atoms with van der Waals surface area (Å²) in [5.74, 6) is 0.110. The van der Waals surface area contributed by atoms with Crippen LogP contribution in [0, 0.1) is 11.3 Å². The average Bonchev–Trinajstić information content (AvgIpc) is 2.39. The molecule has 0 aliphatic heterocycles. The summed E-state index contributed by atoms with van der Waals surface area (Å²) in [5, 5.41) is 9.07. The normalized spacial score (nSPS) is 15.1. The fourth-order valence-corrected chi connectivity index (χ4v) is 3.07. The van der Waals surface area contributed by atoms with Gasteiger partial charge in [0.15, 0.2) is 11.4 Å². The average molecular weight is 281 g/mol. The van der Waals surface area contributed by atoms with Gasteiger partial charge in [0.05, 0.1) is 19.8 Å². The molecule has 0 radical (unpaired) electrons. The molecule has 0 fully saturated rings. The Bertz CT molecular complexity index is 533. The second-order valence-corrected chi connectivity index (χ2v) is 6.54. The van der Waals surface area contributed by atoms with Crippen molar-refractivity contribution in [1.82, 2.24) is 0 Å². The van der Waals surface area contributed by atoms with Crippen molar-refractivity contribution in [3.05, 3.63) is 29.8 Å². The number of hydrogen-bond acceptors (Lipinski definition) is 5. The van der Waals surface area contributed by atoms with Crippen molar-refractivity contribution >= 4 is 13.2 Å². The topological polar surface area (TPSA) is 76.4 Å². The van der Waals surface area contributed by atoms with E-state index in [1.807, 2.05) is 0 Å². The van der Waals surface area contributed by atoms with Crippen molar-refractivity contribution in [3.63, 3.8) is 0 Å². The van der Waals surface area contributed by atoms with E-state index in [2.05, 4.69) is 0 Å². The summed E-state index contributed by atoms with van der Waals surface area (Å²) in [7, 11) is -1.77. The molecule has 0 saturated carbocycles. The zero-order valence-corrected chi connectivity index (χ0v) is 12.0. The van der Waals surface area contributed by atoms with Gasteiger partial charge < -0.3 is 9.26 Å². The molecule has 0 saturated heterocycles. The first-order valence-electron chi connectivity index (χ1n) is 5.76. The Morgan fingerprint density at radius 1 is 1.42 bits per heavy atom. The molecule has 0 amide bonds. The van der Waals surface area contributed by atoms with Crippen LogP contribution in [0.3, 0.4) is 0 Å². The predicted octanol–water partition coefficient (Wildman–Crippen LogP) is 2.71. The van der Waals surface area contributed by atoms with Crippen molar-refractivity contribution in [2.75, 3.05) is 20.4 Å². The molecule has 0 N–H and O–H groups in total. The van der Waals surface area contributed by atoms with Crippen molar-refractivity contribution in [3.8, 4) is 11.8 Å². The third-order valence-electron chi connectivity index (χ3n) is 2.60. The van der Waals surface area contributed by atoms with Crippen LogP contribution in [0.15, 0.2) is 24.3 Å². The van der Waals surface area contributed by atoms with Crippen molar-refractivity contribution in [2.45, 2.75) is 12.6 Å². The van der Waals surface area contributed by atoms with E-state index in [-0.39, 0.29) is 6.61 Å². The highest BCUT2D eigenvalue weighted by Crippen LogP contribution is 2.48. The fraction of sp³-hybridized carbons (Fsp3) is 0.385. The van der Waals surface area contributed by atoms with Gasteiger partial charge in [0.25, 0.3) is 0 Å². The Kier molecular flexibility index (Phi) is 5.29.